The molecular weight excluding hydrogens is 148 g/mol. The first kappa shape index (κ1) is 7.31. The number of aliphatic hydroxyl groups excluding tert-OH is 1. The Kier molecular flexibility index (Phi) is 2.99. The van der Waals surface area contributed by atoms with Gasteiger partial charge in [-0.05, 0) is 17.5 Å². The highest BCUT2D eigenvalue weighted by Gasteiger charge is 1.83. The van der Waals surface area contributed by atoms with Crippen molar-refractivity contribution >= 4 is 17.4 Å². The molecule has 0 aliphatic rings. The second-order valence-corrected chi connectivity index (χ2v) is 2.59. The molecule has 54 valence electrons. The molecule has 0 unspecified atom stereocenters. The van der Waals surface area contributed by atoms with Crippen LogP contribution < -0.4 is 0 Å². The van der Waals surface area contributed by atoms with Crippen LogP contribution >= 0.6 is 11.3 Å². The first-order valence-electron chi connectivity index (χ1n) is 2.86. The number of hydrogen-bond acceptors (Lipinski definition) is 3. The number of thiophene rings is 1. The van der Waals surface area contributed by atoms with Crippen molar-refractivity contribution in [3.05, 3.63) is 28.7 Å². The van der Waals surface area contributed by atoms with Gasteiger partial charge in [-0.25, -0.2) is 0 Å². The molecule has 0 bridgehead atoms. The number of hydrogen-bond donors (Lipinski definition) is 1. The van der Waals surface area contributed by atoms with Gasteiger partial charge in [0.1, 0.15) is 0 Å². The number of rotatable bonds is 3. The summed E-state index contributed by atoms with van der Waals surface area (Å²) in [5.41, 5.74) is 0. The van der Waals surface area contributed by atoms with Crippen molar-refractivity contribution < 1.29 is 9.84 Å². The first-order valence-corrected chi connectivity index (χ1v) is 3.74. The van der Waals surface area contributed by atoms with Crippen LogP contribution in [0.1, 0.15) is 4.88 Å². The second-order valence-electron chi connectivity index (χ2n) is 1.61. The zero-order valence-electron chi connectivity index (χ0n) is 5.36. The maximum absolute atomic E-state index is 8.22. The van der Waals surface area contributed by atoms with Crippen LogP contribution in [0.25, 0.3) is 6.08 Å². The zero-order chi connectivity index (χ0) is 7.23. The van der Waals surface area contributed by atoms with Gasteiger partial charge in [0.05, 0.1) is 6.26 Å². The Morgan fingerprint density at radius 1 is 1.70 bits per heavy atom. The standard InChI is InChI=1S/C7H8O2S/c8-6-9-4-3-7-2-1-5-10-7/h1-5,8H,6H2/b4-3+. The summed E-state index contributed by atoms with van der Waals surface area (Å²) in [4.78, 5) is 1.12. The Hall–Kier alpha value is -0.800. The summed E-state index contributed by atoms with van der Waals surface area (Å²) in [6.07, 6.45) is 3.28. The highest BCUT2D eigenvalue weighted by atomic mass is 32.1. The maximum atomic E-state index is 8.22. The lowest BCUT2D eigenvalue weighted by molar-refractivity contribution is 0.0614. The van der Waals surface area contributed by atoms with Gasteiger partial charge in [-0.15, -0.1) is 11.3 Å². The molecule has 0 aromatic carbocycles. The Bertz CT molecular complexity index is 191. The summed E-state index contributed by atoms with van der Waals surface area (Å²) in [5, 5.41) is 10.2. The molecule has 0 spiro atoms. The molecule has 0 amide bonds. The van der Waals surface area contributed by atoms with E-state index >= 15 is 0 Å². The van der Waals surface area contributed by atoms with Gasteiger partial charge in [0.2, 0.25) is 0 Å². The molecule has 0 aliphatic carbocycles. The van der Waals surface area contributed by atoms with Gasteiger partial charge >= 0.3 is 0 Å². The molecule has 1 heterocycles. The molecule has 0 atom stereocenters. The Morgan fingerprint density at radius 2 is 2.60 bits per heavy atom. The van der Waals surface area contributed by atoms with Crippen LogP contribution in [0.15, 0.2) is 23.8 Å². The molecule has 1 rings (SSSR count). The predicted molar refractivity (Wildman–Crippen MR) is 41.5 cm³/mol. The Balaban J connectivity index is 2.40. The Labute approximate surface area is 63.4 Å². The first-order chi connectivity index (χ1) is 4.93. The van der Waals surface area contributed by atoms with Crippen LogP contribution in [-0.4, -0.2) is 11.9 Å². The van der Waals surface area contributed by atoms with Crippen molar-refractivity contribution in [2.75, 3.05) is 6.79 Å². The van der Waals surface area contributed by atoms with E-state index in [2.05, 4.69) is 4.74 Å². The molecule has 0 fully saturated rings. The summed E-state index contributed by atoms with van der Waals surface area (Å²) in [7, 11) is 0. The van der Waals surface area contributed by atoms with Gasteiger partial charge in [0.15, 0.2) is 6.79 Å². The third-order valence-electron chi connectivity index (χ3n) is 0.946. The second kappa shape index (κ2) is 4.09. The monoisotopic (exact) mass is 156 g/mol. The van der Waals surface area contributed by atoms with Crippen molar-refractivity contribution in [3.63, 3.8) is 0 Å². The number of aliphatic hydroxyl groups is 1. The van der Waals surface area contributed by atoms with Gasteiger partial charge in [-0.1, -0.05) is 6.07 Å². The third-order valence-corrected chi connectivity index (χ3v) is 1.78. The lowest BCUT2D eigenvalue weighted by atomic mass is 10.5. The van der Waals surface area contributed by atoms with Gasteiger partial charge in [0.25, 0.3) is 0 Å². The quantitative estimate of drug-likeness (QED) is 0.533. The van der Waals surface area contributed by atoms with Crippen LogP contribution in [0.4, 0.5) is 0 Å². The third kappa shape index (κ3) is 2.21. The highest BCUT2D eigenvalue weighted by Crippen LogP contribution is 2.09. The van der Waals surface area contributed by atoms with Crippen molar-refractivity contribution in [1.82, 2.24) is 0 Å². The van der Waals surface area contributed by atoms with Crippen LogP contribution in [0.2, 0.25) is 0 Å². The van der Waals surface area contributed by atoms with E-state index in [0.717, 1.165) is 4.88 Å². The summed E-state index contributed by atoms with van der Waals surface area (Å²) in [6, 6.07) is 3.94. The largest absolute Gasteiger partial charge is 0.475 e. The van der Waals surface area contributed by atoms with Crippen molar-refractivity contribution in [3.8, 4) is 0 Å². The van der Waals surface area contributed by atoms with Gasteiger partial charge < -0.3 is 9.84 Å². The zero-order valence-corrected chi connectivity index (χ0v) is 6.17. The topological polar surface area (TPSA) is 29.5 Å². The van der Waals surface area contributed by atoms with Crippen LogP contribution in [-0.2, 0) is 4.74 Å². The molecule has 3 heteroatoms. The summed E-state index contributed by atoms with van der Waals surface area (Å²) in [5.74, 6) is 0. The fraction of sp³-hybridized carbons (Fsp3) is 0.143. The van der Waals surface area contributed by atoms with E-state index in [1.165, 1.54) is 6.26 Å². The van der Waals surface area contributed by atoms with E-state index in [9.17, 15) is 0 Å². The van der Waals surface area contributed by atoms with E-state index in [4.69, 9.17) is 5.11 Å². The molecule has 10 heavy (non-hydrogen) atoms. The predicted octanol–water partition coefficient (Wildman–Crippen LogP) is 1.69. The molecule has 1 aromatic heterocycles. The van der Waals surface area contributed by atoms with E-state index in [1.807, 2.05) is 17.5 Å². The maximum Gasteiger partial charge on any atom is 0.185 e. The minimum atomic E-state index is -0.262. The normalized spacial score (nSPS) is 10.5. The van der Waals surface area contributed by atoms with Crippen molar-refractivity contribution in [2.24, 2.45) is 0 Å². The summed E-state index contributed by atoms with van der Waals surface area (Å²) >= 11 is 1.62. The van der Waals surface area contributed by atoms with Crippen molar-refractivity contribution in [1.29, 1.82) is 0 Å². The fourth-order valence-corrected chi connectivity index (χ4v) is 1.15. The molecule has 0 saturated carbocycles. The highest BCUT2D eigenvalue weighted by molar-refractivity contribution is 7.10. The van der Waals surface area contributed by atoms with Crippen LogP contribution in [0.3, 0.4) is 0 Å². The van der Waals surface area contributed by atoms with Crippen LogP contribution in [0, 0.1) is 0 Å². The van der Waals surface area contributed by atoms with E-state index in [0.29, 0.717) is 0 Å². The minimum absolute atomic E-state index is 0.262. The molecule has 2 nitrogen and oxygen atoms in total. The van der Waals surface area contributed by atoms with Crippen LogP contribution in [0.5, 0.6) is 0 Å². The Morgan fingerprint density at radius 3 is 3.20 bits per heavy atom. The molecule has 1 N–H and O–H groups in total. The minimum Gasteiger partial charge on any atom is -0.475 e. The molecule has 0 saturated heterocycles. The SMILES string of the molecule is OCO/C=C/c1cccs1. The van der Waals surface area contributed by atoms with Crippen molar-refractivity contribution in [2.45, 2.75) is 0 Å². The van der Waals surface area contributed by atoms with Gasteiger partial charge in [0, 0.05) is 4.88 Å². The van der Waals surface area contributed by atoms with Gasteiger partial charge in [-0.2, -0.15) is 0 Å². The summed E-state index contributed by atoms with van der Waals surface area (Å²) in [6.45, 7) is -0.262. The lowest BCUT2D eigenvalue weighted by Gasteiger charge is -1.88. The van der Waals surface area contributed by atoms with Gasteiger partial charge in [-0.3, -0.25) is 0 Å². The number of ether oxygens (including phenoxy) is 1. The molecule has 0 aliphatic heterocycles. The molecule has 0 radical (unpaired) electrons. The molecular formula is C7H8O2S. The molecule has 1 aromatic rings. The summed E-state index contributed by atoms with van der Waals surface area (Å²) < 4.78 is 4.59. The van der Waals surface area contributed by atoms with E-state index in [1.54, 1.807) is 17.4 Å². The fourth-order valence-electron chi connectivity index (χ4n) is 0.544. The lowest BCUT2D eigenvalue weighted by Crippen LogP contribution is -1.79. The average Bonchev–Trinajstić information content (AvgIpc) is 2.41. The average molecular weight is 156 g/mol. The van der Waals surface area contributed by atoms with E-state index in [-0.39, 0.29) is 6.79 Å². The van der Waals surface area contributed by atoms with E-state index < -0.39 is 0 Å². The smallest absolute Gasteiger partial charge is 0.185 e.